The molecule has 0 rings (SSSR count). The van der Waals surface area contributed by atoms with Crippen molar-refractivity contribution in [3.8, 4) is 0 Å². The van der Waals surface area contributed by atoms with E-state index in [9.17, 15) is 9.59 Å². The maximum atomic E-state index is 12.0. The summed E-state index contributed by atoms with van der Waals surface area (Å²) < 4.78 is -0.0170. The van der Waals surface area contributed by atoms with Crippen LogP contribution in [-0.2, 0) is 9.59 Å². The Morgan fingerprint density at radius 3 is 1.50 bits per heavy atom. The van der Waals surface area contributed by atoms with Gasteiger partial charge in [-0.25, -0.2) is 0 Å². The van der Waals surface area contributed by atoms with Crippen LogP contribution in [0.4, 0.5) is 0 Å². The van der Waals surface area contributed by atoms with Crippen LogP contribution >= 0.6 is 11.8 Å². The lowest BCUT2D eigenvalue weighted by Gasteiger charge is -2.42. The summed E-state index contributed by atoms with van der Waals surface area (Å²) in [6, 6.07) is 0. The van der Waals surface area contributed by atoms with Gasteiger partial charge in [0.25, 0.3) is 0 Å². The summed E-state index contributed by atoms with van der Waals surface area (Å²) in [5.74, 6) is 0.506. The molecule has 2 nitrogen and oxygen atoms in total. The number of Topliss-reactive ketones (excluding diaryl/α,β-unsaturated/α-hetero) is 2. The topological polar surface area (TPSA) is 34.1 Å². The van der Waals surface area contributed by atoms with Crippen molar-refractivity contribution >= 4 is 23.3 Å². The Labute approximate surface area is 142 Å². The summed E-state index contributed by atoms with van der Waals surface area (Å²) in [4.78, 5) is 23.8. The van der Waals surface area contributed by atoms with Gasteiger partial charge >= 0.3 is 0 Å². The summed E-state index contributed by atoms with van der Waals surface area (Å²) >= 11 is 1.90. The minimum absolute atomic E-state index is 0.00714. The SMILES string of the molecule is CCC(C)(CC(C)(C)SC(C)(C)CC(C)(C)C(C)=O)C(C)=O. The zero-order chi connectivity index (χ0) is 18.0. The summed E-state index contributed by atoms with van der Waals surface area (Å²) in [5.41, 5.74) is -0.566. The van der Waals surface area contributed by atoms with Gasteiger partial charge in [0, 0.05) is 20.3 Å². The maximum absolute atomic E-state index is 12.0. The molecule has 0 amide bonds. The highest BCUT2D eigenvalue weighted by molar-refractivity contribution is 8.01. The van der Waals surface area contributed by atoms with Crippen molar-refractivity contribution in [3.05, 3.63) is 0 Å². The second-order valence-electron chi connectivity index (χ2n) is 8.89. The third-order valence-corrected chi connectivity index (χ3v) is 6.21. The fourth-order valence-corrected chi connectivity index (χ4v) is 5.77. The van der Waals surface area contributed by atoms with Gasteiger partial charge in [0.1, 0.15) is 11.6 Å². The Morgan fingerprint density at radius 1 is 0.773 bits per heavy atom. The first-order chi connectivity index (χ1) is 9.57. The molecule has 0 saturated heterocycles. The van der Waals surface area contributed by atoms with E-state index in [2.05, 4.69) is 41.5 Å². The third-order valence-electron chi connectivity index (χ3n) is 4.82. The molecule has 0 aliphatic rings. The van der Waals surface area contributed by atoms with Crippen LogP contribution in [0.2, 0.25) is 0 Å². The molecule has 0 aliphatic carbocycles. The molecular weight excluding hydrogens is 292 g/mol. The molecule has 0 radical (unpaired) electrons. The van der Waals surface area contributed by atoms with Crippen LogP contribution in [0.1, 0.15) is 88.5 Å². The summed E-state index contributed by atoms with van der Waals surface area (Å²) in [6.45, 7) is 20.4. The lowest BCUT2D eigenvalue weighted by molar-refractivity contribution is -0.126. The van der Waals surface area contributed by atoms with Crippen LogP contribution < -0.4 is 0 Å². The van der Waals surface area contributed by atoms with E-state index < -0.39 is 0 Å². The molecule has 22 heavy (non-hydrogen) atoms. The molecule has 0 heterocycles. The fraction of sp³-hybridized carbons (Fsp3) is 0.895. The lowest BCUT2D eigenvalue weighted by Crippen LogP contribution is -2.38. The molecule has 0 bridgehead atoms. The molecule has 1 atom stereocenters. The Kier molecular flexibility index (Phi) is 6.97. The van der Waals surface area contributed by atoms with Crippen LogP contribution in [0.5, 0.6) is 0 Å². The average Bonchev–Trinajstić information content (AvgIpc) is 2.24. The molecule has 3 heteroatoms. The third kappa shape index (κ3) is 6.44. The fourth-order valence-electron chi connectivity index (χ4n) is 3.45. The van der Waals surface area contributed by atoms with Crippen molar-refractivity contribution in [1.29, 1.82) is 0 Å². The zero-order valence-electron chi connectivity index (χ0n) is 16.3. The molecule has 0 aromatic rings. The molecular formula is C19H36O2S. The standard InChI is InChI=1S/C19H36O2S/c1-11-19(10,15(3)21)13-18(8,9)22-17(6,7)12-16(4,5)14(2)20/h11-13H2,1-10H3. The quantitative estimate of drug-likeness (QED) is 0.546. The van der Waals surface area contributed by atoms with E-state index >= 15 is 0 Å². The molecule has 0 aliphatic heterocycles. The van der Waals surface area contributed by atoms with E-state index in [1.807, 2.05) is 25.6 Å². The summed E-state index contributed by atoms with van der Waals surface area (Å²) in [7, 11) is 0. The number of rotatable bonds is 9. The van der Waals surface area contributed by atoms with Gasteiger partial charge in [-0.15, -0.1) is 11.8 Å². The molecule has 0 saturated carbocycles. The van der Waals surface area contributed by atoms with Gasteiger partial charge in [-0.1, -0.05) is 55.4 Å². The Bertz CT molecular complexity index is 421. The first kappa shape index (κ1) is 21.7. The van der Waals surface area contributed by atoms with Gasteiger partial charge in [-0.2, -0.15) is 0 Å². The minimum Gasteiger partial charge on any atom is -0.299 e. The molecule has 0 N–H and O–H groups in total. The van der Waals surface area contributed by atoms with E-state index in [0.717, 1.165) is 19.3 Å². The van der Waals surface area contributed by atoms with Gasteiger partial charge in [0.15, 0.2) is 0 Å². The predicted octanol–water partition coefficient (Wildman–Crippen LogP) is 5.68. The maximum Gasteiger partial charge on any atom is 0.135 e. The highest BCUT2D eigenvalue weighted by Gasteiger charge is 2.40. The minimum atomic E-state index is -0.304. The van der Waals surface area contributed by atoms with Gasteiger partial charge in [-0.05, 0) is 33.1 Å². The van der Waals surface area contributed by atoms with E-state index in [-0.39, 0.29) is 31.9 Å². The zero-order valence-corrected chi connectivity index (χ0v) is 17.2. The molecule has 130 valence electrons. The molecule has 1 unspecified atom stereocenters. The van der Waals surface area contributed by atoms with E-state index in [4.69, 9.17) is 0 Å². The number of carbonyl (C=O) groups is 2. The first-order valence-electron chi connectivity index (χ1n) is 8.29. The van der Waals surface area contributed by atoms with Crippen molar-refractivity contribution in [3.63, 3.8) is 0 Å². The second-order valence-corrected chi connectivity index (χ2v) is 11.3. The van der Waals surface area contributed by atoms with Crippen LogP contribution in [0.25, 0.3) is 0 Å². The van der Waals surface area contributed by atoms with Crippen LogP contribution in [0, 0.1) is 10.8 Å². The van der Waals surface area contributed by atoms with E-state index in [0.29, 0.717) is 0 Å². The van der Waals surface area contributed by atoms with Gasteiger partial charge in [0.05, 0.1) is 0 Å². The van der Waals surface area contributed by atoms with Gasteiger partial charge < -0.3 is 0 Å². The number of ketones is 2. The summed E-state index contributed by atoms with van der Waals surface area (Å²) in [6.07, 6.45) is 2.57. The van der Waals surface area contributed by atoms with E-state index in [1.54, 1.807) is 13.8 Å². The molecule has 0 aromatic heterocycles. The van der Waals surface area contributed by atoms with E-state index in [1.165, 1.54) is 0 Å². The Hall–Kier alpha value is -0.310. The monoisotopic (exact) mass is 328 g/mol. The average molecular weight is 329 g/mol. The molecule has 0 aromatic carbocycles. The number of hydrogen-bond donors (Lipinski definition) is 0. The Balaban J connectivity index is 5.10. The largest absolute Gasteiger partial charge is 0.299 e. The second kappa shape index (κ2) is 7.07. The van der Waals surface area contributed by atoms with Crippen molar-refractivity contribution in [2.75, 3.05) is 0 Å². The predicted molar refractivity (Wildman–Crippen MR) is 98.5 cm³/mol. The number of hydrogen-bond acceptors (Lipinski definition) is 3. The van der Waals surface area contributed by atoms with Crippen molar-refractivity contribution < 1.29 is 9.59 Å². The number of thioether (sulfide) groups is 1. The van der Waals surface area contributed by atoms with Crippen molar-refractivity contribution in [2.45, 2.75) is 98.0 Å². The summed E-state index contributed by atoms with van der Waals surface area (Å²) in [5, 5.41) is 0. The van der Waals surface area contributed by atoms with Crippen molar-refractivity contribution in [1.82, 2.24) is 0 Å². The highest BCUT2D eigenvalue weighted by Crippen LogP contribution is 2.48. The van der Waals surface area contributed by atoms with Gasteiger partial charge in [-0.3, -0.25) is 9.59 Å². The highest BCUT2D eigenvalue weighted by atomic mass is 32.2. The smallest absolute Gasteiger partial charge is 0.135 e. The van der Waals surface area contributed by atoms with Crippen molar-refractivity contribution in [2.24, 2.45) is 10.8 Å². The lowest BCUT2D eigenvalue weighted by atomic mass is 9.76. The Morgan fingerprint density at radius 2 is 1.18 bits per heavy atom. The molecule has 0 fully saturated rings. The number of carbonyl (C=O) groups excluding carboxylic acids is 2. The molecule has 0 spiro atoms. The van der Waals surface area contributed by atoms with Crippen LogP contribution in [0.15, 0.2) is 0 Å². The normalized spacial score (nSPS) is 16.3. The van der Waals surface area contributed by atoms with Crippen LogP contribution in [-0.4, -0.2) is 21.1 Å². The van der Waals surface area contributed by atoms with Gasteiger partial charge in [0.2, 0.25) is 0 Å². The first-order valence-corrected chi connectivity index (χ1v) is 9.11. The van der Waals surface area contributed by atoms with Crippen LogP contribution in [0.3, 0.4) is 0 Å².